The molecule has 2 fully saturated rings. The molecule has 2 aromatic rings. The number of rotatable bonds is 4. The minimum absolute atomic E-state index is 0.173. The van der Waals surface area contributed by atoms with Crippen LogP contribution in [0.5, 0.6) is 0 Å². The van der Waals surface area contributed by atoms with E-state index in [9.17, 15) is 4.79 Å². The zero-order valence-electron chi connectivity index (χ0n) is 15.5. The molecular weight excluding hydrogens is 380 g/mol. The van der Waals surface area contributed by atoms with Gasteiger partial charge in [-0.2, -0.15) is 0 Å². The third kappa shape index (κ3) is 4.50. The summed E-state index contributed by atoms with van der Waals surface area (Å²) in [6, 6.07) is 3.96. The fourth-order valence-electron chi connectivity index (χ4n) is 3.96. The van der Waals surface area contributed by atoms with Gasteiger partial charge in [-0.25, -0.2) is 4.68 Å². The van der Waals surface area contributed by atoms with Crippen LogP contribution in [-0.2, 0) is 11.5 Å². The molecular formula is C19H26N4O2S2. The maximum atomic E-state index is 12.8. The van der Waals surface area contributed by atoms with E-state index in [-0.39, 0.29) is 5.92 Å². The minimum atomic E-state index is 0.173. The standard InChI is InChI=1S/C19H26N4O2S2/c24-18(22-9-3-1-2-4-10-22)15-7-11-21(12-8-15)14-23-19(26)25-17(20-23)16-6-5-13-27-16/h5-6,13,15H,1-4,7-12,14H2. The SMILES string of the molecule is O=C(C1CCN(Cn2nc(-c3cccs3)oc2=S)CC1)N1CCCCCC1. The van der Waals surface area contributed by atoms with E-state index in [1.54, 1.807) is 16.0 Å². The number of piperidine rings is 1. The van der Waals surface area contributed by atoms with E-state index in [4.69, 9.17) is 16.6 Å². The molecule has 4 rings (SSSR count). The molecule has 0 radical (unpaired) electrons. The van der Waals surface area contributed by atoms with E-state index in [0.29, 0.717) is 23.3 Å². The van der Waals surface area contributed by atoms with Crippen molar-refractivity contribution < 1.29 is 9.21 Å². The zero-order valence-corrected chi connectivity index (χ0v) is 17.1. The lowest BCUT2D eigenvalue weighted by Crippen LogP contribution is -2.43. The van der Waals surface area contributed by atoms with Crippen molar-refractivity contribution in [3.8, 4) is 10.8 Å². The lowest BCUT2D eigenvalue weighted by atomic mass is 9.95. The summed E-state index contributed by atoms with van der Waals surface area (Å²) in [5.41, 5.74) is 0. The van der Waals surface area contributed by atoms with Crippen molar-refractivity contribution in [2.24, 2.45) is 5.92 Å². The van der Waals surface area contributed by atoms with Crippen LogP contribution in [0.3, 0.4) is 0 Å². The van der Waals surface area contributed by atoms with Crippen molar-refractivity contribution in [3.05, 3.63) is 22.4 Å². The Morgan fingerprint density at radius 2 is 1.93 bits per heavy atom. The summed E-state index contributed by atoms with van der Waals surface area (Å²) in [7, 11) is 0. The van der Waals surface area contributed by atoms with Crippen LogP contribution in [0.2, 0.25) is 0 Å². The number of carbonyl (C=O) groups is 1. The fourth-order valence-corrected chi connectivity index (χ4v) is 4.78. The second kappa shape index (κ2) is 8.67. The van der Waals surface area contributed by atoms with E-state index in [0.717, 1.165) is 56.7 Å². The van der Waals surface area contributed by atoms with Gasteiger partial charge in [-0.3, -0.25) is 9.69 Å². The molecule has 0 aromatic carbocycles. The number of likely N-dealkylation sites (tertiary alicyclic amines) is 2. The first-order valence-corrected chi connectivity index (χ1v) is 11.1. The minimum Gasteiger partial charge on any atom is -0.408 e. The highest BCUT2D eigenvalue weighted by atomic mass is 32.1. The van der Waals surface area contributed by atoms with Gasteiger partial charge in [0.15, 0.2) is 0 Å². The van der Waals surface area contributed by atoms with Crippen molar-refractivity contribution in [2.45, 2.75) is 45.2 Å². The average Bonchev–Trinajstić information content (AvgIpc) is 3.25. The molecule has 0 spiro atoms. The van der Waals surface area contributed by atoms with Crippen LogP contribution in [0.4, 0.5) is 0 Å². The molecule has 0 unspecified atom stereocenters. The van der Waals surface area contributed by atoms with Crippen molar-refractivity contribution in [1.82, 2.24) is 19.6 Å². The highest BCUT2D eigenvalue weighted by Gasteiger charge is 2.29. The lowest BCUT2D eigenvalue weighted by molar-refractivity contribution is -0.137. The Kier molecular flexibility index (Phi) is 6.04. The predicted molar refractivity (Wildman–Crippen MR) is 108 cm³/mol. The zero-order chi connectivity index (χ0) is 18.6. The molecule has 2 aliphatic rings. The Bertz CT molecular complexity index is 798. The largest absolute Gasteiger partial charge is 0.408 e. The molecule has 0 bridgehead atoms. The quantitative estimate of drug-likeness (QED) is 0.718. The van der Waals surface area contributed by atoms with Gasteiger partial charge >= 0.3 is 0 Å². The van der Waals surface area contributed by atoms with Crippen molar-refractivity contribution >= 4 is 29.5 Å². The molecule has 4 heterocycles. The Labute approximate surface area is 168 Å². The molecule has 0 atom stereocenters. The van der Waals surface area contributed by atoms with Gasteiger partial charge in [0.2, 0.25) is 5.91 Å². The molecule has 1 amide bonds. The summed E-state index contributed by atoms with van der Waals surface area (Å²) in [5.74, 6) is 1.13. The topological polar surface area (TPSA) is 54.5 Å². The van der Waals surface area contributed by atoms with Crippen LogP contribution in [0.25, 0.3) is 10.8 Å². The molecule has 0 saturated carbocycles. The van der Waals surface area contributed by atoms with Gasteiger partial charge in [0.25, 0.3) is 10.7 Å². The molecule has 2 saturated heterocycles. The number of amides is 1. The van der Waals surface area contributed by atoms with Crippen LogP contribution in [0.1, 0.15) is 38.5 Å². The summed E-state index contributed by atoms with van der Waals surface area (Å²) < 4.78 is 7.39. The number of hydrogen-bond donors (Lipinski definition) is 0. The van der Waals surface area contributed by atoms with Gasteiger partial charge in [-0.1, -0.05) is 18.9 Å². The summed E-state index contributed by atoms with van der Waals surface area (Å²) in [6.07, 6.45) is 6.65. The molecule has 8 heteroatoms. The van der Waals surface area contributed by atoms with Gasteiger partial charge in [0, 0.05) is 32.1 Å². The average molecular weight is 407 g/mol. The first-order valence-electron chi connectivity index (χ1n) is 9.84. The van der Waals surface area contributed by atoms with Crippen LogP contribution in [-0.4, -0.2) is 51.7 Å². The Balaban J connectivity index is 1.32. The van der Waals surface area contributed by atoms with Crippen molar-refractivity contribution in [1.29, 1.82) is 0 Å². The number of aromatic nitrogens is 2. The van der Waals surface area contributed by atoms with E-state index >= 15 is 0 Å². The third-order valence-corrected chi connectivity index (χ3v) is 6.68. The number of hydrogen-bond acceptors (Lipinski definition) is 6. The van der Waals surface area contributed by atoms with Gasteiger partial charge in [-0.15, -0.1) is 16.4 Å². The smallest absolute Gasteiger partial charge is 0.288 e. The van der Waals surface area contributed by atoms with E-state index in [1.165, 1.54) is 12.8 Å². The lowest BCUT2D eigenvalue weighted by Gasteiger charge is -2.33. The van der Waals surface area contributed by atoms with E-state index < -0.39 is 0 Å². The number of thiophene rings is 1. The first-order chi connectivity index (χ1) is 13.2. The maximum Gasteiger partial charge on any atom is 0.288 e. The molecule has 6 nitrogen and oxygen atoms in total. The van der Waals surface area contributed by atoms with Crippen LogP contribution in [0, 0.1) is 10.8 Å². The Morgan fingerprint density at radius 1 is 1.19 bits per heavy atom. The third-order valence-electron chi connectivity index (χ3n) is 5.53. The second-order valence-corrected chi connectivity index (χ2v) is 8.72. The molecule has 0 N–H and O–H groups in total. The van der Waals surface area contributed by atoms with Gasteiger partial charge in [0.05, 0.1) is 11.5 Å². The number of nitrogens with zero attached hydrogens (tertiary/aromatic N) is 4. The summed E-state index contributed by atoms with van der Waals surface area (Å²) in [6.45, 7) is 4.30. The van der Waals surface area contributed by atoms with E-state index in [1.807, 2.05) is 17.5 Å². The first kappa shape index (κ1) is 18.8. The molecule has 27 heavy (non-hydrogen) atoms. The van der Waals surface area contributed by atoms with Crippen LogP contribution >= 0.6 is 23.6 Å². The van der Waals surface area contributed by atoms with Gasteiger partial charge in [0.1, 0.15) is 0 Å². The molecule has 146 valence electrons. The monoisotopic (exact) mass is 406 g/mol. The summed E-state index contributed by atoms with van der Waals surface area (Å²) in [4.78, 5) is 18.6. The maximum absolute atomic E-state index is 12.8. The normalized spacial score (nSPS) is 19.9. The molecule has 0 aliphatic carbocycles. The van der Waals surface area contributed by atoms with Crippen molar-refractivity contribution in [3.63, 3.8) is 0 Å². The molecule has 2 aliphatic heterocycles. The van der Waals surface area contributed by atoms with Crippen LogP contribution < -0.4 is 0 Å². The predicted octanol–water partition coefficient (Wildman–Crippen LogP) is 4.01. The second-order valence-electron chi connectivity index (χ2n) is 7.42. The van der Waals surface area contributed by atoms with Gasteiger partial charge in [-0.05, 0) is 49.3 Å². The van der Waals surface area contributed by atoms with Crippen molar-refractivity contribution in [2.75, 3.05) is 26.2 Å². The highest BCUT2D eigenvalue weighted by molar-refractivity contribution is 7.71. The van der Waals surface area contributed by atoms with E-state index in [2.05, 4.69) is 14.9 Å². The van der Waals surface area contributed by atoms with Crippen LogP contribution in [0.15, 0.2) is 21.9 Å². The Hall–Kier alpha value is -1.51. The summed E-state index contributed by atoms with van der Waals surface area (Å²) >= 11 is 6.92. The summed E-state index contributed by atoms with van der Waals surface area (Å²) in [5, 5.41) is 6.52. The highest BCUT2D eigenvalue weighted by Crippen LogP contribution is 2.25. The number of carbonyl (C=O) groups excluding carboxylic acids is 1. The Morgan fingerprint density at radius 3 is 2.59 bits per heavy atom. The fraction of sp³-hybridized carbons (Fsp3) is 0.632. The van der Waals surface area contributed by atoms with Gasteiger partial charge < -0.3 is 9.32 Å². The molecule has 2 aromatic heterocycles.